The summed E-state index contributed by atoms with van der Waals surface area (Å²) in [6.07, 6.45) is 0.999. The molecule has 1 atom stereocenters. The lowest BCUT2D eigenvalue weighted by Crippen LogP contribution is -2.32. The van der Waals surface area contributed by atoms with Crippen molar-refractivity contribution in [2.75, 3.05) is 20.1 Å². The number of hydrogen-bond acceptors (Lipinski definition) is 7. The standard InChI is InChI=1S/C12H14N2S.C10H19NO2.CH2O.H2IN/c1-9-12(15-8-14-9)11-5-3-10(4-6-11)7-13-2;1-10(2,3)6-9(13)11-5-4-8(12)7-11;2*1-2/h3-6,8,13H,7H2,1-2H3;8,12H,4-7H2,1-3H3;1H2;2H2. The number of benzene rings is 1. The third-order valence-corrected chi connectivity index (χ3v) is 5.52. The van der Waals surface area contributed by atoms with Crippen LogP contribution in [0.1, 0.15) is 44.9 Å². The maximum absolute atomic E-state index is 11.6. The average molecular weight is 577 g/mol. The number of thiazole rings is 1. The molecular weight excluding hydrogens is 539 g/mol. The number of aliphatic hydroxyl groups is 1. The zero-order valence-corrected chi connectivity index (χ0v) is 22.7. The zero-order valence-electron chi connectivity index (χ0n) is 19.7. The van der Waals surface area contributed by atoms with Crippen LogP contribution in [0.2, 0.25) is 0 Å². The molecule has 1 aromatic heterocycles. The van der Waals surface area contributed by atoms with Crippen LogP contribution in [0.4, 0.5) is 0 Å². The largest absolute Gasteiger partial charge is 0.391 e. The van der Waals surface area contributed by atoms with Gasteiger partial charge in [-0.15, -0.1) is 11.3 Å². The smallest absolute Gasteiger partial charge is 0.223 e. The van der Waals surface area contributed by atoms with Gasteiger partial charge in [-0.2, -0.15) is 0 Å². The molecule has 7 nitrogen and oxygen atoms in total. The van der Waals surface area contributed by atoms with Crippen LogP contribution in [0.15, 0.2) is 29.8 Å². The molecule has 4 N–H and O–H groups in total. The van der Waals surface area contributed by atoms with Crippen molar-refractivity contribution >= 4 is 46.9 Å². The molecule has 0 bridgehead atoms. The molecule has 180 valence electrons. The van der Waals surface area contributed by atoms with Crippen molar-refractivity contribution in [1.29, 1.82) is 0 Å². The molecule has 1 aliphatic heterocycles. The predicted octanol–water partition coefficient (Wildman–Crippen LogP) is 3.96. The van der Waals surface area contributed by atoms with Gasteiger partial charge >= 0.3 is 0 Å². The molecule has 1 aromatic carbocycles. The van der Waals surface area contributed by atoms with Gasteiger partial charge in [0, 0.05) is 48.9 Å². The molecule has 3 rings (SSSR count). The minimum Gasteiger partial charge on any atom is -0.391 e. The van der Waals surface area contributed by atoms with Gasteiger partial charge in [0.25, 0.3) is 0 Å². The van der Waals surface area contributed by atoms with Gasteiger partial charge in [-0.3, -0.25) is 8.74 Å². The van der Waals surface area contributed by atoms with E-state index in [0.29, 0.717) is 13.0 Å². The first-order chi connectivity index (χ1) is 15.2. The first-order valence-electron chi connectivity index (χ1n) is 10.3. The highest BCUT2D eigenvalue weighted by atomic mass is 127. The van der Waals surface area contributed by atoms with Gasteiger partial charge in [-0.05, 0) is 36.9 Å². The van der Waals surface area contributed by atoms with Crippen molar-refractivity contribution in [3.8, 4) is 10.4 Å². The number of nitrogens with two attached hydrogens (primary N) is 1. The number of carbonyl (C=O) groups is 2. The highest BCUT2D eigenvalue weighted by Gasteiger charge is 2.27. The summed E-state index contributed by atoms with van der Waals surface area (Å²) in [4.78, 5) is 26.9. The number of aryl methyl sites for hydroxylation is 1. The second-order valence-corrected chi connectivity index (χ2v) is 9.37. The minimum atomic E-state index is -0.302. The van der Waals surface area contributed by atoms with E-state index in [-0.39, 0.29) is 17.4 Å². The summed E-state index contributed by atoms with van der Waals surface area (Å²) < 4.78 is 4.47. The van der Waals surface area contributed by atoms with E-state index in [9.17, 15) is 9.90 Å². The van der Waals surface area contributed by atoms with Crippen LogP contribution < -0.4 is 9.26 Å². The Morgan fingerprint density at radius 2 is 1.91 bits per heavy atom. The molecule has 0 spiro atoms. The van der Waals surface area contributed by atoms with Gasteiger partial charge in [-0.25, -0.2) is 4.98 Å². The summed E-state index contributed by atoms with van der Waals surface area (Å²) in [6.45, 7) is 12.4. The Kier molecular flexibility index (Phi) is 15.5. The van der Waals surface area contributed by atoms with E-state index in [1.165, 1.54) is 16.0 Å². The second-order valence-electron chi connectivity index (χ2n) is 8.51. The number of amides is 1. The number of likely N-dealkylation sites (tertiary alicyclic amines) is 1. The molecule has 1 unspecified atom stereocenters. The predicted molar refractivity (Wildman–Crippen MR) is 142 cm³/mol. The number of halogens is 1. The lowest BCUT2D eigenvalue weighted by molar-refractivity contribution is -0.132. The zero-order chi connectivity index (χ0) is 24.7. The van der Waals surface area contributed by atoms with Crippen LogP contribution in [0.25, 0.3) is 10.4 Å². The molecular formula is C23H37IN4O3S. The average Bonchev–Trinajstić information content (AvgIpc) is 3.39. The highest BCUT2D eigenvalue weighted by molar-refractivity contribution is 14.1. The van der Waals surface area contributed by atoms with E-state index >= 15 is 0 Å². The summed E-state index contributed by atoms with van der Waals surface area (Å²) >= 11 is 3.35. The normalized spacial score (nSPS) is 14.9. The fraction of sp³-hybridized carbons (Fsp3) is 0.522. The van der Waals surface area contributed by atoms with Crippen LogP contribution in [0.3, 0.4) is 0 Å². The van der Waals surface area contributed by atoms with Crippen LogP contribution in [0, 0.1) is 12.3 Å². The summed E-state index contributed by atoms with van der Waals surface area (Å²) in [5, 5.41) is 12.4. The van der Waals surface area contributed by atoms with Gasteiger partial charge < -0.3 is 20.1 Å². The van der Waals surface area contributed by atoms with E-state index in [4.69, 9.17) is 4.79 Å². The first kappa shape index (κ1) is 30.6. The molecule has 0 aliphatic carbocycles. The van der Waals surface area contributed by atoms with Crippen LogP contribution >= 0.6 is 34.2 Å². The van der Waals surface area contributed by atoms with Crippen LogP contribution in [0.5, 0.6) is 0 Å². The Morgan fingerprint density at radius 3 is 2.31 bits per heavy atom. The molecule has 2 heterocycles. The van der Waals surface area contributed by atoms with E-state index in [1.807, 2.05) is 26.3 Å². The topological polar surface area (TPSA) is 109 Å². The molecule has 1 fully saturated rings. The number of rotatable bonds is 4. The Labute approximate surface area is 210 Å². The van der Waals surface area contributed by atoms with E-state index in [2.05, 4.69) is 59.3 Å². The number of carbonyl (C=O) groups excluding carboxylic acids is 2. The lowest BCUT2D eigenvalue weighted by Gasteiger charge is -2.22. The number of β-amino-alcohol motifs (C(OH)–C–C–N with tert-alkyl or cyclic N) is 1. The quantitative estimate of drug-likeness (QED) is 0.376. The molecule has 32 heavy (non-hydrogen) atoms. The number of nitrogens with one attached hydrogen (secondary N) is 1. The lowest BCUT2D eigenvalue weighted by atomic mass is 9.92. The Balaban J connectivity index is 0.000000525. The Morgan fingerprint density at radius 1 is 1.31 bits per heavy atom. The van der Waals surface area contributed by atoms with Gasteiger partial charge in [-0.1, -0.05) is 45.0 Å². The molecule has 1 aliphatic rings. The fourth-order valence-corrected chi connectivity index (χ4v) is 3.90. The Hall–Kier alpha value is -1.40. The molecule has 2 aromatic rings. The van der Waals surface area contributed by atoms with Crippen molar-refractivity contribution in [2.45, 2.75) is 53.2 Å². The maximum atomic E-state index is 11.6. The van der Waals surface area contributed by atoms with E-state index in [1.54, 1.807) is 39.1 Å². The number of nitrogens with zero attached hydrogens (tertiary/aromatic N) is 2. The van der Waals surface area contributed by atoms with Gasteiger partial charge in [0.2, 0.25) is 5.91 Å². The summed E-state index contributed by atoms with van der Waals surface area (Å²) in [5.74, 6) is 0.170. The molecule has 1 amide bonds. The van der Waals surface area contributed by atoms with Crippen molar-refractivity contribution in [3.63, 3.8) is 0 Å². The van der Waals surface area contributed by atoms with Crippen molar-refractivity contribution < 1.29 is 14.7 Å². The maximum Gasteiger partial charge on any atom is 0.223 e. The van der Waals surface area contributed by atoms with Crippen LogP contribution in [-0.2, 0) is 16.1 Å². The first-order valence-corrected chi connectivity index (χ1v) is 12.4. The second kappa shape index (κ2) is 16.2. The van der Waals surface area contributed by atoms with Crippen molar-refractivity contribution in [2.24, 2.45) is 9.36 Å². The SMILES string of the molecule is C=O.CC(C)(C)CC(=O)N1CCC(O)C1.CNCc1ccc(-c2scnc2C)cc1.NI. The summed E-state index contributed by atoms with van der Waals surface area (Å²) in [6, 6.07) is 8.64. The van der Waals surface area contributed by atoms with E-state index < -0.39 is 0 Å². The minimum absolute atomic E-state index is 0.0463. The van der Waals surface area contributed by atoms with Gasteiger partial charge in [0.1, 0.15) is 6.79 Å². The van der Waals surface area contributed by atoms with Gasteiger partial charge in [0.05, 0.1) is 22.2 Å². The monoisotopic (exact) mass is 576 g/mol. The number of aromatic nitrogens is 1. The highest BCUT2D eigenvalue weighted by Crippen LogP contribution is 2.27. The summed E-state index contributed by atoms with van der Waals surface area (Å²) in [5.41, 5.74) is 5.62. The molecule has 0 saturated carbocycles. The molecule has 9 heteroatoms. The molecule has 1 saturated heterocycles. The number of aliphatic hydroxyl groups excluding tert-OH is 1. The van der Waals surface area contributed by atoms with Crippen molar-refractivity contribution in [1.82, 2.24) is 15.2 Å². The Bertz CT molecular complexity index is 778. The fourth-order valence-electron chi connectivity index (χ4n) is 3.09. The van der Waals surface area contributed by atoms with E-state index in [0.717, 1.165) is 25.2 Å². The molecule has 0 radical (unpaired) electrons. The van der Waals surface area contributed by atoms with Crippen LogP contribution in [-0.4, -0.2) is 53.9 Å². The third-order valence-electron chi connectivity index (χ3n) is 4.54. The third kappa shape index (κ3) is 11.5. The van der Waals surface area contributed by atoms with Gasteiger partial charge in [0.15, 0.2) is 0 Å². The summed E-state index contributed by atoms with van der Waals surface area (Å²) in [7, 11) is 1.96. The van der Waals surface area contributed by atoms with Crippen molar-refractivity contribution in [3.05, 3.63) is 41.0 Å². The number of hydrogen-bond donors (Lipinski definition) is 3.